The number of aromatic nitrogens is 1. The van der Waals surface area contributed by atoms with Gasteiger partial charge in [-0.05, 0) is 23.8 Å². The molecule has 1 atom stereocenters. The highest BCUT2D eigenvalue weighted by atomic mass is 16.5. The van der Waals surface area contributed by atoms with Crippen molar-refractivity contribution in [3.8, 4) is 0 Å². The second-order valence-corrected chi connectivity index (χ2v) is 6.73. The van der Waals surface area contributed by atoms with Crippen molar-refractivity contribution >= 4 is 28.5 Å². The molecule has 6 nitrogen and oxygen atoms in total. The second kappa shape index (κ2) is 6.79. The van der Waals surface area contributed by atoms with Crippen LogP contribution in [0, 0.1) is 0 Å². The number of amides is 1. The van der Waals surface area contributed by atoms with Crippen molar-refractivity contribution in [3.63, 3.8) is 0 Å². The number of aromatic amines is 1. The molecule has 0 radical (unpaired) electrons. The Balaban J connectivity index is 1.71. The first-order valence-electron chi connectivity index (χ1n) is 8.84. The lowest BCUT2D eigenvalue weighted by molar-refractivity contribution is -0.146. The fourth-order valence-electron chi connectivity index (χ4n) is 3.72. The van der Waals surface area contributed by atoms with Crippen molar-refractivity contribution in [2.24, 2.45) is 0 Å². The van der Waals surface area contributed by atoms with Crippen LogP contribution in [0.1, 0.15) is 15.9 Å². The monoisotopic (exact) mass is 363 g/mol. The number of nitrogens with zero attached hydrogens (tertiary/aromatic N) is 2. The third-order valence-electron chi connectivity index (χ3n) is 5.11. The predicted molar refractivity (Wildman–Crippen MR) is 104 cm³/mol. The fraction of sp³-hybridized carbons (Fsp3) is 0.238. The Kier molecular flexibility index (Phi) is 4.32. The average Bonchev–Trinajstić information content (AvgIpc) is 3.11. The van der Waals surface area contributed by atoms with Gasteiger partial charge >= 0.3 is 5.97 Å². The van der Waals surface area contributed by atoms with Gasteiger partial charge in [0.2, 0.25) is 0 Å². The summed E-state index contributed by atoms with van der Waals surface area (Å²) in [7, 11) is 3.27. The van der Waals surface area contributed by atoms with Crippen LogP contribution in [0.4, 0.5) is 5.69 Å². The highest BCUT2D eigenvalue weighted by Gasteiger charge is 2.36. The van der Waals surface area contributed by atoms with Gasteiger partial charge in [0.1, 0.15) is 6.04 Å². The molecule has 138 valence electrons. The van der Waals surface area contributed by atoms with Gasteiger partial charge in [0.25, 0.3) is 5.91 Å². The van der Waals surface area contributed by atoms with Crippen LogP contribution in [0.5, 0.6) is 0 Å². The topological polar surface area (TPSA) is 65.6 Å². The standard InChI is InChI=1S/C21H21N3O3/c1-23-13-24(20(25)16-8-4-6-10-18(16)23)19(21(26)27-2)11-14-12-22-17-9-5-3-7-15(14)17/h3-10,12,19,22H,11,13H2,1-2H3. The number of fused-ring (bicyclic) bond motifs is 2. The number of hydrogen-bond donors (Lipinski definition) is 1. The van der Waals surface area contributed by atoms with Gasteiger partial charge in [-0.1, -0.05) is 30.3 Å². The van der Waals surface area contributed by atoms with E-state index < -0.39 is 12.0 Å². The summed E-state index contributed by atoms with van der Waals surface area (Å²) >= 11 is 0. The zero-order chi connectivity index (χ0) is 19.0. The number of carbonyl (C=O) groups is 2. The molecule has 1 amide bonds. The molecule has 1 unspecified atom stereocenters. The van der Waals surface area contributed by atoms with E-state index in [9.17, 15) is 9.59 Å². The molecule has 2 aromatic carbocycles. The van der Waals surface area contributed by atoms with E-state index in [1.54, 1.807) is 11.0 Å². The van der Waals surface area contributed by atoms with Gasteiger partial charge < -0.3 is 19.5 Å². The summed E-state index contributed by atoms with van der Waals surface area (Å²) in [4.78, 5) is 32.5. The van der Waals surface area contributed by atoms with Crippen molar-refractivity contribution in [1.29, 1.82) is 0 Å². The molecule has 1 aromatic heterocycles. The third-order valence-corrected chi connectivity index (χ3v) is 5.11. The smallest absolute Gasteiger partial charge is 0.329 e. The van der Waals surface area contributed by atoms with Gasteiger partial charge in [0.15, 0.2) is 0 Å². The van der Waals surface area contributed by atoms with Gasteiger partial charge in [0.05, 0.1) is 25.0 Å². The predicted octanol–water partition coefficient (Wildman–Crippen LogP) is 2.80. The van der Waals surface area contributed by atoms with E-state index >= 15 is 0 Å². The summed E-state index contributed by atoms with van der Waals surface area (Å²) in [6.45, 7) is 0.331. The number of methoxy groups -OCH3 is 1. The Hall–Kier alpha value is -3.28. The average molecular weight is 363 g/mol. The second-order valence-electron chi connectivity index (χ2n) is 6.73. The first kappa shape index (κ1) is 17.1. The number of anilines is 1. The molecule has 0 spiro atoms. The van der Waals surface area contributed by atoms with Gasteiger partial charge in [-0.3, -0.25) is 4.79 Å². The summed E-state index contributed by atoms with van der Waals surface area (Å²) in [6, 6.07) is 14.7. The maximum atomic E-state index is 13.1. The van der Waals surface area contributed by atoms with Crippen LogP contribution >= 0.6 is 0 Å². The first-order chi connectivity index (χ1) is 13.1. The molecule has 0 aliphatic carbocycles. The number of H-pyrrole nitrogens is 1. The number of benzene rings is 2. The van der Waals surface area contributed by atoms with E-state index in [4.69, 9.17) is 4.74 Å². The summed E-state index contributed by atoms with van der Waals surface area (Å²) in [5.41, 5.74) is 3.45. The maximum Gasteiger partial charge on any atom is 0.329 e. The molecule has 1 N–H and O–H groups in total. The fourth-order valence-corrected chi connectivity index (χ4v) is 3.72. The van der Waals surface area contributed by atoms with Crippen molar-refractivity contribution in [2.45, 2.75) is 12.5 Å². The number of para-hydroxylation sites is 2. The van der Waals surface area contributed by atoms with E-state index in [0.29, 0.717) is 18.7 Å². The first-order valence-corrected chi connectivity index (χ1v) is 8.84. The minimum absolute atomic E-state index is 0.154. The summed E-state index contributed by atoms with van der Waals surface area (Å²) in [5.74, 6) is -0.569. The van der Waals surface area contributed by atoms with Crippen molar-refractivity contribution in [2.75, 3.05) is 25.7 Å². The zero-order valence-corrected chi connectivity index (χ0v) is 15.3. The number of hydrogen-bond acceptors (Lipinski definition) is 4. The van der Waals surface area contributed by atoms with Crippen molar-refractivity contribution in [1.82, 2.24) is 9.88 Å². The van der Waals surface area contributed by atoms with E-state index in [1.165, 1.54) is 7.11 Å². The molecule has 1 aliphatic rings. The lowest BCUT2D eigenvalue weighted by Gasteiger charge is -2.39. The molecule has 3 aromatic rings. The molecule has 0 fully saturated rings. The molecule has 1 aliphatic heterocycles. The molecule has 4 rings (SSSR count). The van der Waals surface area contributed by atoms with Crippen molar-refractivity contribution < 1.29 is 14.3 Å². The SMILES string of the molecule is COC(=O)C(Cc1c[nH]c2ccccc12)N1CN(C)c2ccccc2C1=O. The molecule has 0 saturated carbocycles. The molecule has 0 saturated heterocycles. The summed E-state index contributed by atoms with van der Waals surface area (Å²) < 4.78 is 5.04. The van der Waals surface area contributed by atoms with Crippen LogP contribution in [0.2, 0.25) is 0 Å². The van der Waals surface area contributed by atoms with Crippen LogP contribution in [-0.4, -0.2) is 48.6 Å². The Bertz CT molecular complexity index is 1010. The molecule has 2 heterocycles. The minimum Gasteiger partial charge on any atom is -0.467 e. The lowest BCUT2D eigenvalue weighted by atomic mass is 10.0. The van der Waals surface area contributed by atoms with Crippen LogP contribution in [0.3, 0.4) is 0 Å². The molecular formula is C21H21N3O3. The molecular weight excluding hydrogens is 342 g/mol. The number of carbonyl (C=O) groups excluding carboxylic acids is 2. The van der Waals surface area contributed by atoms with Crippen LogP contribution in [0.25, 0.3) is 10.9 Å². The van der Waals surface area contributed by atoms with Crippen LogP contribution in [-0.2, 0) is 16.0 Å². The number of esters is 1. The molecule has 0 bridgehead atoms. The Morgan fingerprint density at radius 2 is 1.93 bits per heavy atom. The van der Waals surface area contributed by atoms with Crippen molar-refractivity contribution in [3.05, 3.63) is 65.9 Å². The van der Waals surface area contributed by atoms with Crippen LogP contribution < -0.4 is 4.90 Å². The number of ether oxygens (including phenoxy) is 1. The van der Waals surface area contributed by atoms with Gasteiger partial charge in [-0.25, -0.2) is 4.79 Å². The highest BCUT2D eigenvalue weighted by molar-refractivity contribution is 6.03. The summed E-state index contributed by atoms with van der Waals surface area (Å²) in [5, 5.41) is 1.05. The third kappa shape index (κ3) is 2.93. The molecule has 27 heavy (non-hydrogen) atoms. The lowest BCUT2D eigenvalue weighted by Crippen LogP contribution is -2.54. The summed E-state index contributed by atoms with van der Waals surface area (Å²) in [6.07, 6.45) is 2.28. The number of rotatable bonds is 4. The Morgan fingerprint density at radius 1 is 1.19 bits per heavy atom. The van der Waals surface area contributed by atoms with E-state index in [1.807, 2.05) is 60.6 Å². The van der Waals surface area contributed by atoms with E-state index in [0.717, 1.165) is 22.2 Å². The van der Waals surface area contributed by atoms with E-state index in [2.05, 4.69) is 4.98 Å². The largest absolute Gasteiger partial charge is 0.467 e. The Morgan fingerprint density at radius 3 is 2.74 bits per heavy atom. The van der Waals surface area contributed by atoms with Gasteiger partial charge in [0, 0.05) is 30.6 Å². The highest BCUT2D eigenvalue weighted by Crippen LogP contribution is 2.29. The normalized spacial score (nSPS) is 15.0. The zero-order valence-electron chi connectivity index (χ0n) is 15.3. The quantitative estimate of drug-likeness (QED) is 0.724. The van der Waals surface area contributed by atoms with E-state index in [-0.39, 0.29) is 5.91 Å². The number of nitrogens with one attached hydrogen (secondary N) is 1. The van der Waals surface area contributed by atoms with Gasteiger partial charge in [-0.2, -0.15) is 0 Å². The van der Waals surface area contributed by atoms with Gasteiger partial charge in [-0.15, -0.1) is 0 Å². The minimum atomic E-state index is -0.697. The van der Waals surface area contributed by atoms with Crippen LogP contribution in [0.15, 0.2) is 54.7 Å². The molecule has 6 heteroatoms. The maximum absolute atomic E-state index is 13.1. The Labute approximate surface area is 157 Å².